The summed E-state index contributed by atoms with van der Waals surface area (Å²) >= 11 is 0. The fraction of sp³-hybridized carbons (Fsp3) is 0.103. The quantitative estimate of drug-likeness (QED) is 0.492. The molecule has 2 aliphatic rings. The molecule has 0 amide bonds. The van der Waals surface area contributed by atoms with Crippen LogP contribution in [0.2, 0.25) is 0 Å². The molecule has 5 nitrogen and oxygen atoms in total. The minimum atomic E-state index is -0.248. The zero-order valence-corrected chi connectivity index (χ0v) is 18.6. The van der Waals surface area contributed by atoms with Crippen LogP contribution in [0.3, 0.4) is 0 Å². The Kier molecular flexibility index (Phi) is 5.17. The van der Waals surface area contributed by atoms with Crippen LogP contribution in [0.4, 0.5) is 0 Å². The fourth-order valence-corrected chi connectivity index (χ4v) is 4.49. The van der Waals surface area contributed by atoms with Crippen molar-refractivity contribution in [3.05, 3.63) is 119 Å². The van der Waals surface area contributed by atoms with E-state index in [0.717, 1.165) is 5.57 Å². The maximum Gasteiger partial charge on any atom is 0.196 e. The molecule has 0 spiro atoms. The van der Waals surface area contributed by atoms with Crippen LogP contribution in [-0.4, -0.2) is 27.7 Å². The first-order chi connectivity index (χ1) is 16.4. The van der Waals surface area contributed by atoms with E-state index in [2.05, 4.69) is 6.58 Å². The van der Waals surface area contributed by atoms with Crippen LogP contribution in [0, 0.1) is 0 Å². The number of aromatic nitrogens is 1. The number of carbonyl (C=O) groups is 4. The highest BCUT2D eigenvalue weighted by molar-refractivity contribution is 6.40. The molecule has 0 fully saturated rings. The SMILES string of the molecule is C=C(C)CCn1c(C2=CC(=O)c3ccccc3C2=O)ccc1C1=CC(=O)c2ccccc2C1=O. The lowest BCUT2D eigenvalue weighted by Crippen LogP contribution is -2.21. The van der Waals surface area contributed by atoms with E-state index < -0.39 is 0 Å². The second-order valence-electron chi connectivity index (χ2n) is 8.56. The Balaban J connectivity index is 1.65. The lowest BCUT2D eigenvalue weighted by molar-refractivity contribution is 0.100. The minimum Gasteiger partial charge on any atom is -0.340 e. The molecule has 2 aliphatic carbocycles. The summed E-state index contributed by atoms with van der Waals surface area (Å²) in [6, 6.07) is 17.0. The van der Waals surface area contributed by atoms with Gasteiger partial charge in [-0.3, -0.25) is 19.2 Å². The number of carbonyl (C=O) groups excluding carboxylic acids is 4. The highest BCUT2D eigenvalue weighted by Gasteiger charge is 2.31. The molecule has 0 saturated heterocycles. The predicted octanol–water partition coefficient (Wildman–Crippen LogP) is 5.38. The number of rotatable bonds is 5. The summed E-state index contributed by atoms with van der Waals surface area (Å²) in [5.41, 5.74) is 4.01. The summed E-state index contributed by atoms with van der Waals surface area (Å²) in [5, 5.41) is 0. The van der Waals surface area contributed by atoms with E-state index in [1.807, 2.05) is 11.5 Å². The fourth-order valence-electron chi connectivity index (χ4n) is 4.49. The van der Waals surface area contributed by atoms with Crippen LogP contribution in [0.25, 0.3) is 11.1 Å². The van der Waals surface area contributed by atoms with Crippen molar-refractivity contribution in [2.75, 3.05) is 0 Å². The average molecular weight is 447 g/mol. The molecule has 3 aromatic rings. The summed E-state index contributed by atoms with van der Waals surface area (Å²) in [6.45, 7) is 6.31. The molecule has 1 aromatic heterocycles. The predicted molar refractivity (Wildman–Crippen MR) is 130 cm³/mol. The van der Waals surface area contributed by atoms with Gasteiger partial charge in [-0.25, -0.2) is 0 Å². The first kappa shape index (κ1) is 21.5. The summed E-state index contributed by atoms with van der Waals surface area (Å²) < 4.78 is 1.84. The Morgan fingerprint density at radius 3 is 1.50 bits per heavy atom. The van der Waals surface area contributed by atoms with Gasteiger partial charge in [-0.2, -0.15) is 0 Å². The molecule has 1 heterocycles. The number of hydrogen-bond donors (Lipinski definition) is 0. The van der Waals surface area contributed by atoms with Gasteiger partial charge in [-0.1, -0.05) is 54.1 Å². The number of fused-ring (bicyclic) bond motifs is 2. The Morgan fingerprint density at radius 1 is 0.676 bits per heavy atom. The summed E-state index contributed by atoms with van der Waals surface area (Å²) in [5.74, 6) is -0.975. The monoisotopic (exact) mass is 447 g/mol. The van der Waals surface area contributed by atoms with Crippen LogP contribution >= 0.6 is 0 Å². The molecular formula is C29H21NO4. The Hall–Kier alpha value is -4.38. The van der Waals surface area contributed by atoms with E-state index in [4.69, 9.17) is 0 Å². The van der Waals surface area contributed by atoms with Crippen LogP contribution in [0.1, 0.15) is 66.2 Å². The molecule has 0 bridgehead atoms. The van der Waals surface area contributed by atoms with E-state index in [0.29, 0.717) is 46.6 Å². The topological polar surface area (TPSA) is 73.2 Å². The van der Waals surface area contributed by atoms with Crippen LogP contribution < -0.4 is 0 Å². The zero-order valence-electron chi connectivity index (χ0n) is 18.6. The molecule has 0 atom stereocenters. The second kappa shape index (κ2) is 8.19. The molecule has 5 heteroatoms. The van der Waals surface area contributed by atoms with Crippen LogP contribution in [0.5, 0.6) is 0 Å². The van der Waals surface area contributed by atoms with Gasteiger partial charge in [0.05, 0.1) is 22.5 Å². The summed E-state index contributed by atoms with van der Waals surface area (Å²) in [7, 11) is 0. The van der Waals surface area contributed by atoms with Crippen molar-refractivity contribution in [2.45, 2.75) is 19.9 Å². The van der Waals surface area contributed by atoms with Gasteiger partial charge in [0, 0.05) is 28.8 Å². The molecule has 2 aromatic carbocycles. The molecule has 0 aliphatic heterocycles. The number of nitrogens with zero attached hydrogens (tertiary/aromatic N) is 1. The Labute approximate surface area is 196 Å². The highest BCUT2D eigenvalue weighted by atomic mass is 16.1. The van der Waals surface area contributed by atoms with Crippen molar-refractivity contribution in [3.8, 4) is 0 Å². The van der Waals surface area contributed by atoms with Gasteiger partial charge in [0.15, 0.2) is 23.1 Å². The summed E-state index contributed by atoms with van der Waals surface area (Å²) in [6.07, 6.45) is 3.32. The van der Waals surface area contributed by atoms with E-state index in [1.54, 1.807) is 60.7 Å². The lowest BCUT2D eigenvalue weighted by Gasteiger charge is -2.21. The molecule has 34 heavy (non-hydrogen) atoms. The van der Waals surface area contributed by atoms with Gasteiger partial charge < -0.3 is 4.57 Å². The maximum atomic E-state index is 13.3. The van der Waals surface area contributed by atoms with E-state index >= 15 is 0 Å². The molecule has 0 saturated carbocycles. The number of benzene rings is 2. The normalized spacial score (nSPS) is 15.0. The number of allylic oxidation sites excluding steroid dienone is 5. The number of ketones is 4. The van der Waals surface area contributed by atoms with Gasteiger partial charge in [-0.05, 0) is 37.6 Å². The summed E-state index contributed by atoms with van der Waals surface area (Å²) in [4.78, 5) is 52.2. The van der Waals surface area contributed by atoms with Crippen molar-refractivity contribution in [2.24, 2.45) is 0 Å². The van der Waals surface area contributed by atoms with E-state index in [1.165, 1.54) is 12.2 Å². The number of hydrogen-bond acceptors (Lipinski definition) is 4. The van der Waals surface area contributed by atoms with Crippen LogP contribution in [0.15, 0.2) is 85.0 Å². The van der Waals surface area contributed by atoms with Gasteiger partial charge in [0.1, 0.15) is 0 Å². The van der Waals surface area contributed by atoms with Crippen molar-refractivity contribution >= 4 is 34.3 Å². The van der Waals surface area contributed by atoms with Crippen molar-refractivity contribution < 1.29 is 19.2 Å². The van der Waals surface area contributed by atoms with Gasteiger partial charge in [0.25, 0.3) is 0 Å². The second-order valence-corrected chi connectivity index (χ2v) is 8.56. The molecular weight excluding hydrogens is 426 g/mol. The third kappa shape index (κ3) is 3.42. The van der Waals surface area contributed by atoms with E-state index in [-0.39, 0.29) is 34.3 Å². The third-order valence-electron chi connectivity index (χ3n) is 6.21. The molecule has 0 radical (unpaired) electrons. The molecule has 166 valence electrons. The largest absolute Gasteiger partial charge is 0.340 e. The molecule has 0 N–H and O–H groups in total. The Bertz CT molecular complexity index is 1390. The average Bonchev–Trinajstić information content (AvgIpc) is 3.25. The van der Waals surface area contributed by atoms with Crippen LogP contribution in [-0.2, 0) is 6.54 Å². The molecule has 5 rings (SSSR count). The lowest BCUT2D eigenvalue weighted by atomic mass is 9.88. The maximum absolute atomic E-state index is 13.3. The molecule has 0 unspecified atom stereocenters. The standard InChI is InChI=1S/C29H21NO4/c1-17(2)13-14-30-24(22-15-26(31)18-7-3-5-9-20(18)28(22)33)11-12-25(30)23-16-27(32)19-8-4-6-10-21(19)29(23)34/h3-12,15-16H,1,13-14H2,2H3. The smallest absolute Gasteiger partial charge is 0.196 e. The first-order valence-corrected chi connectivity index (χ1v) is 11.0. The number of Topliss-reactive ketones (excluding diaryl/α,β-unsaturated/α-hetero) is 2. The first-order valence-electron chi connectivity index (χ1n) is 11.0. The Morgan fingerprint density at radius 2 is 1.09 bits per heavy atom. The van der Waals surface area contributed by atoms with Gasteiger partial charge in [-0.15, -0.1) is 6.58 Å². The zero-order chi connectivity index (χ0) is 24.0. The third-order valence-corrected chi connectivity index (χ3v) is 6.21. The van der Waals surface area contributed by atoms with Crippen molar-refractivity contribution in [1.29, 1.82) is 0 Å². The van der Waals surface area contributed by atoms with Gasteiger partial charge >= 0.3 is 0 Å². The van der Waals surface area contributed by atoms with Crippen molar-refractivity contribution in [1.82, 2.24) is 4.57 Å². The van der Waals surface area contributed by atoms with Crippen molar-refractivity contribution in [3.63, 3.8) is 0 Å². The van der Waals surface area contributed by atoms with E-state index in [9.17, 15) is 19.2 Å². The highest BCUT2D eigenvalue weighted by Crippen LogP contribution is 2.34. The minimum absolute atomic E-state index is 0.239. The van der Waals surface area contributed by atoms with Gasteiger partial charge in [0.2, 0.25) is 0 Å².